The lowest BCUT2D eigenvalue weighted by molar-refractivity contribution is 0.0684. The monoisotopic (exact) mass is 396 g/mol. The first-order valence-electron chi connectivity index (χ1n) is 7.77. The van der Waals surface area contributed by atoms with Gasteiger partial charge >= 0.3 is 5.97 Å². The van der Waals surface area contributed by atoms with Crippen LogP contribution in [0.3, 0.4) is 0 Å². The third-order valence-corrected chi connectivity index (χ3v) is 4.95. The molecule has 0 bridgehead atoms. The molecule has 0 fully saturated rings. The van der Waals surface area contributed by atoms with Gasteiger partial charge in [-0.25, -0.2) is 4.79 Å². The number of carboxylic acid groups (broad SMARTS) is 1. The number of nitrogens with zero attached hydrogens (tertiary/aromatic N) is 2. The van der Waals surface area contributed by atoms with Gasteiger partial charge in [0, 0.05) is 11.6 Å². The zero-order chi connectivity index (χ0) is 20.4. The molecule has 3 rings (SSSR count). The third-order valence-electron chi connectivity index (χ3n) is 3.83. The van der Waals surface area contributed by atoms with E-state index in [9.17, 15) is 19.6 Å². The van der Waals surface area contributed by atoms with Crippen LogP contribution >= 0.6 is 11.3 Å². The maximum atomic E-state index is 12.6. The summed E-state index contributed by atoms with van der Waals surface area (Å²) in [5.41, 5.74) is 6.42. The topological polar surface area (TPSA) is 159 Å². The van der Waals surface area contributed by atoms with Gasteiger partial charge in [0.2, 0.25) is 11.5 Å². The molecule has 0 spiro atoms. The molecule has 28 heavy (non-hydrogen) atoms. The predicted molar refractivity (Wildman–Crippen MR) is 99.5 cm³/mol. The molecule has 2 aromatic heterocycles. The average Bonchev–Trinajstić information content (AvgIpc) is 3.27. The van der Waals surface area contributed by atoms with E-state index >= 15 is 0 Å². The second-order valence-corrected chi connectivity index (χ2v) is 6.66. The highest BCUT2D eigenvalue weighted by atomic mass is 32.1. The van der Waals surface area contributed by atoms with Gasteiger partial charge < -0.3 is 20.7 Å². The molecule has 0 aliphatic rings. The number of carbonyl (C=O) groups is 3. The molecule has 0 unspecified atom stereocenters. The predicted octanol–water partition coefficient (Wildman–Crippen LogP) is 2.68. The number of thiophene rings is 1. The van der Waals surface area contributed by atoms with E-state index < -0.39 is 23.4 Å². The van der Waals surface area contributed by atoms with E-state index in [0.717, 1.165) is 23.0 Å². The minimum Gasteiger partial charge on any atom is -0.476 e. The molecule has 0 atom stereocenters. The first-order chi connectivity index (χ1) is 13.3. The number of carbonyl (C=O) groups excluding carboxylic acids is 2. The van der Waals surface area contributed by atoms with Crippen LogP contribution in [-0.2, 0) is 0 Å². The number of rotatable bonds is 5. The standard InChI is InChI=1S/C18H12N4O5S/c1-8-4-2-3-5-9(8)16(24)21-17-10(7-19)13(20)15(28-17)14(23)12-6-11(18(25)26)22-27-12/h2-6H,20H2,1H3,(H,21,24)(H,25,26). The Bertz CT molecular complexity index is 1160. The van der Waals surface area contributed by atoms with Gasteiger partial charge in [-0.3, -0.25) is 9.59 Å². The van der Waals surface area contributed by atoms with E-state index in [1.165, 1.54) is 0 Å². The highest BCUT2D eigenvalue weighted by molar-refractivity contribution is 7.19. The maximum Gasteiger partial charge on any atom is 0.358 e. The number of ketones is 1. The van der Waals surface area contributed by atoms with Gasteiger partial charge in [0.15, 0.2) is 5.69 Å². The summed E-state index contributed by atoms with van der Waals surface area (Å²) < 4.78 is 4.75. The van der Waals surface area contributed by atoms with Gasteiger partial charge in [0.25, 0.3) is 5.91 Å². The van der Waals surface area contributed by atoms with Crippen LogP contribution in [0, 0.1) is 18.3 Å². The van der Waals surface area contributed by atoms with Crippen molar-refractivity contribution in [1.82, 2.24) is 5.16 Å². The van der Waals surface area contributed by atoms with Crippen molar-refractivity contribution >= 4 is 39.7 Å². The number of nitriles is 1. The minimum atomic E-state index is -1.36. The molecule has 140 valence electrons. The Morgan fingerprint density at radius 2 is 2.04 bits per heavy atom. The van der Waals surface area contributed by atoms with E-state index in [2.05, 4.69) is 10.5 Å². The molecule has 1 aromatic carbocycles. The van der Waals surface area contributed by atoms with Crippen LogP contribution in [0.4, 0.5) is 10.7 Å². The molecule has 0 aliphatic carbocycles. The summed E-state index contributed by atoms with van der Waals surface area (Å²) in [4.78, 5) is 35.9. The van der Waals surface area contributed by atoms with Crippen molar-refractivity contribution in [3.63, 3.8) is 0 Å². The van der Waals surface area contributed by atoms with E-state index in [4.69, 9.17) is 15.4 Å². The molecule has 3 aromatic rings. The number of anilines is 2. The van der Waals surface area contributed by atoms with Crippen LogP contribution in [0.2, 0.25) is 0 Å². The molecule has 2 heterocycles. The molecular weight excluding hydrogens is 384 g/mol. The fourth-order valence-electron chi connectivity index (χ4n) is 2.40. The number of benzene rings is 1. The largest absolute Gasteiger partial charge is 0.476 e. The van der Waals surface area contributed by atoms with E-state index in [1.807, 2.05) is 6.07 Å². The van der Waals surface area contributed by atoms with E-state index in [-0.39, 0.29) is 26.9 Å². The summed E-state index contributed by atoms with van der Waals surface area (Å²) in [6.45, 7) is 1.77. The number of aromatic nitrogens is 1. The van der Waals surface area contributed by atoms with Gasteiger partial charge in [-0.1, -0.05) is 23.4 Å². The molecule has 0 saturated heterocycles. The zero-order valence-electron chi connectivity index (χ0n) is 14.3. The lowest BCUT2D eigenvalue weighted by Crippen LogP contribution is -2.13. The normalized spacial score (nSPS) is 10.3. The number of carboxylic acids is 1. The van der Waals surface area contributed by atoms with Crippen molar-refractivity contribution in [3.8, 4) is 6.07 Å². The number of hydrogen-bond donors (Lipinski definition) is 3. The van der Waals surface area contributed by atoms with Gasteiger partial charge in [-0.2, -0.15) is 5.26 Å². The first-order valence-corrected chi connectivity index (χ1v) is 8.59. The maximum absolute atomic E-state index is 12.6. The number of hydrogen-bond acceptors (Lipinski definition) is 8. The number of nitrogen functional groups attached to an aromatic ring is 1. The first kappa shape index (κ1) is 18.8. The number of aromatic carboxylic acids is 1. The van der Waals surface area contributed by atoms with Crippen LogP contribution in [0.15, 0.2) is 34.9 Å². The summed E-state index contributed by atoms with van der Waals surface area (Å²) in [5, 5.41) is 24.2. The van der Waals surface area contributed by atoms with Crippen LogP contribution in [0.25, 0.3) is 0 Å². The van der Waals surface area contributed by atoms with E-state index in [1.54, 1.807) is 31.2 Å². The Morgan fingerprint density at radius 3 is 2.64 bits per heavy atom. The zero-order valence-corrected chi connectivity index (χ0v) is 15.2. The van der Waals surface area contributed by atoms with Crippen LogP contribution in [0.5, 0.6) is 0 Å². The van der Waals surface area contributed by atoms with Crippen molar-refractivity contribution in [3.05, 3.63) is 63.4 Å². The summed E-state index contributed by atoms with van der Waals surface area (Å²) in [6.07, 6.45) is 0. The smallest absolute Gasteiger partial charge is 0.358 e. The van der Waals surface area contributed by atoms with Gasteiger partial charge in [-0.15, -0.1) is 11.3 Å². The Kier molecular flexibility index (Phi) is 4.93. The van der Waals surface area contributed by atoms with Crippen molar-refractivity contribution in [2.45, 2.75) is 6.92 Å². The van der Waals surface area contributed by atoms with Crippen molar-refractivity contribution < 1.29 is 24.0 Å². The van der Waals surface area contributed by atoms with Crippen molar-refractivity contribution in [2.75, 3.05) is 11.1 Å². The molecule has 10 heteroatoms. The summed E-state index contributed by atoms with van der Waals surface area (Å²) >= 11 is 0.796. The van der Waals surface area contributed by atoms with E-state index in [0.29, 0.717) is 5.56 Å². The fourth-order valence-corrected chi connectivity index (χ4v) is 3.42. The number of amides is 1. The second kappa shape index (κ2) is 7.34. The summed E-state index contributed by atoms with van der Waals surface area (Å²) in [7, 11) is 0. The molecule has 4 N–H and O–H groups in total. The lowest BCUT2D eigenvalue weighted by atomic mass is 10.1. The second-order valence-electron chi connectivity index (χ2n) is 5.64. The Balaban J connectivity index is 1.95. The summed E-state index contributed by atoms with van der Waals surface area (Å²) in [6, 6.07) is 9.71. The Labute approximate surface area is 162 Å². The van der Waals surface area contributed by atoms with Crippen molar-refractivity contribution in [1.29, 1.82) is 5.26 Å². The highest BCUT2D eigenvalue weighted by Crippen LogP contribution is 2.37. The molecule has 1 amide bonds. The SMILES string of the molecule is Cc1ccccc1C(=O)Nc1sc(C(=O)c2cc(C(=O)O)no2)c(N)c1C#N. The van der Waals surface area contributed by atoms with Crippen LogP contribution in [0.1, 0.15) is 47.4 Å². The van der Waals surface area contributed by atoms with Gasteiger partial charge in [0.05, 0.1) is 5.69 Å². The van der Waals surface area contributed by atoms with Gasteiger partial charge in [-0.05, 0) is 18.6 Å². The van der Waals surface area contributed by atoms with Gasteiger partial charge in [0.1, 0.15) is 21.5 Å². The third kappa shape index (κ3) is 3.34. The van der Waals surface area contributed by atoms with Crippen molar-refractivity contribution in [2.24, 2.45) is 0 Å². The molecule has 9 nitrogen and oxygen atoms in total. The minimum absolute atomic E-state index is 0.0618. The highest BCUT2D eigenvalue weighted by Gasteiger charge is 2.27. The summed E-state index contributed by atoms with van der Waals surface area (Å²) in [5.74, 6) is -2.89. The Hall–Kier alpha value is -3.97. The number of aryl methyl sites for hydroxylation is 1. The molecular formula is C18H12N4O5S. The molecule has 0 radical (unpaired) electrons. The molecule has 0 aliphatic heterocycles. The Morgan fingerprint density at radius 1 is 1.32 bits per heavy atom. The lowest BCUT2D eigenvalue weighted by Gasteiger charge is -2.05. The quantitative estimate of drug-likeness (QED) is 0.555. The van der Waals surface area contributed by atoms with Crippen LogP contribution < -0.4 is 11.1 Å². The molecule has 0 saturated carbocycles. The number of nitrogens with two attached hydrogens (primary N) is 1. The number of nitrogens with one attached hydrogen (secondary N) is 1. The van der Waals surface area contributed by atoms with Crippen LogP contribution in [-0.4, -0.2) is 27.9 Å². The average molecular weight is 396 g/mol. The fraction of sp³-hybridized carbons (Fsp3) is 0.0556.